The summed E-state index contributed by atoms with van der Waals surface area (Å²) >= 11 is 0. The van der Waals surface area contributed by atoms with Crippen LogP contribution in [0.25, 0.3) is 0 Å². The molecule has 0 aromatic rings. The molecule has 1 saturated carbocycles. The highest BCUT2D eigenvalue weighted by Crippen LogP contribution is 2.26. The first kappa shape index (κ1) is 14.5. The third kappa shape index (κ3) is 6.68. The van der Waals surface area contributed by atoms with Gasteiger partial charge in [0.2, 0.25) is 0 Å². The number of aliphatic hydroxyl groups is 1. The van der Waals surface area contributed by atoms with E-state index in [4.69, 9.17) is 0 Å². The summed E-state index contributed by atoms with van der Waals surface area (Å²) in [4.78, 5) is 0. The van der Waals surface area contributed by atoms with Crippen molar-refractivity contribution in [1.29, 1.82) is 0 Å². The third-order valence-electron chi connectivity index (χ3n) is 3.66. The lowest BCUT2D eigenvalue weighted by Gasteiger charge is -2.24. The third-order valence-corrected chi connectivity index (χ3v) is 3.66. The summed E-state index contributed by atoms with van der Waals surface area (Å²) in [7, 11) is 0. The van der Waals surface area contributed by atoms with Gasteiger partial charge in [0.1, 0.15) is 0 Å². The smallest absolute Gasteiger partial charge is 0.0752 e. The fourth-order valence-corrected chi connectivity index (χ4v) is 2.50. The van der Waals surface area contributed by atoms with Gasteiger partial charge in [-0.25, -0.2) is 0 Å². The van der Waals surface area contributed by atoms with Crippen molar-refractivity contribution in [1.82, 2.24) is 0 Å². The SMILES string of the molecule is CCCCC/C=C/C=C\C(O)C1CCCCC1. The van der Waals surface area contributed by atoms with E-state index in [-0.39, 0.29) is 6.10 Å². The predicted molar refractivity (Wildman–Crippen MR) is 75.0 cm³/mol. The number of aliphatic hydroxyl groups excluding tert-OH is 1. The number of allylic oxidation sites excluding steroid dienone is 3. The van der Waals surface area contributed by atoms with Gasteiger partial charge < -0.3 is 5.11 Å². The Hall–Kier alpha value is -0.560. The maximum atomic E-state index is 9.99. The maximum Gasteiger partial charge on any atom is 0.0752 e. The summed E-state index contributed by atoms with van der Waals surface area (Å²) in [5.74, 6) is 0.508. The van der Waals surface area contributed by atoms with Gasteiger partial charge in [-0.15, -0.1) is 0 Å². The van der Waals surface area contributed by atoms with Crippen LogP contribution in [0.1, 0.15) is 64.7 Å². The Morgan fingerprint density at radius 3 is 2.59 bits per heavy atom. The summed E-state index contributed by atoms with van der Waals surface area (Å²) in [6.07, 6.45) is 19.4. The minimum atomic E-state index is -0.226. The van der Waals surface area contributed by atoms with Crippen LogP contribution in [-0.2, 0) is 0 Å². The second-order valence-electron chi connectivity index (χ2n) is 5.20. The first-order chi connectivity index (χ1) is 8.34. The maximum absolute atomic E-state index is 9.99. The van der Waals surface area contributed by atoms with E-state index in [2.05, 4.69) is 19.1 Å². The molecule has 0 amide bonds. The van der Waals surface area contributed by atoms with Crippen LogP contribution < -0.4 is 0 Å². The lowest BCUT2D eigenvalue weighted by atomic mass is 9.85. The van der Waals surface area contributed by atoms with Gasteiger partial charge in [0.25, 0.3) is 0 Å². The van der Waals surface area contributed by atoms with Crippen LogP contribution in [0.15, 0.2) is 24.3 Å². The van der Waals surface area contributed by atoms with Crippen molar-refractivity contribution < 1.29 is 5.11 Å². The topological polar surface area (TPSA) is 20.2 Å². The largest absolute Gasteiger partial charge is 0.389 e. The van der Waals surface area contributed by atoms with Gasteiger partial charge in [-0.2, -0.15) is 0 Å². The number of unbranched alkanes of at least 4 members (excludes halogenated alkanes) is 3. The van der Waals surface area contributed by atoms with Crippen LogP contribution in [0, 0.1) is 5.92 Å². The van der Waals surface area contributed by atoms with Crippen molar-refractivity contribution in [2.24, 2.45) is 5.92 Å². The minimum absolute atomic E-state index is 0.226. The molecule has 0 aliphatic heterocycles. The molecule has 0 aromatic carbocycles. The molecule has 1 aliphatic rings. The summed E-state index contributed by atoms with van der Waals surface area (Å²) in [5.41, 5.74) is 0. The van der Waals surface area contributed by atoms with Crippen molar-refractivity contribution in [3.05, 3.63) is 24.3 Å². The molecule has 17 heavy (non-hydrogen) atoms. The molecule has 0 bridgehead atoms. The van der Waals surface area contributed by atoms with Gasteiger partial charge in [0.05, 0.1) is 6.10 Å². The zero-order chi connectivity index (χ0) is 12.3. The Kier molecular flexibility index (Phi) is 8.08. The van der Waals surface area contributed by atoms with E-state index >= 15 is 0 Å². The van der Waals surface area contributed by atoms with Crippen LogP contribution in [-0.4, -0.2) is 11.2 Å². The first-order valence-electron chi connectivity index (χ1n) is 7.36. The van der Waals surface area contributed by atoms with Crippen molar-refractivity contribution in [2.45, 2.75) is 70.8 Å². The zero-order valence-corrected chi connectivity index (χ0v) is 11.3. The van der Waals surface area contributed by atoms with Crippen LogP contribution in [0.5, 0.6) is 0 Å². The molecule has 0 saturated heterocycles. The molecular weight excluding hydrogens is 208 g/mol. The highest BCUT2D eigenvalue weighted by molar-refractivity contribution is 5.05. The van der Waals surface area contributed by atoms with E-state index in [1.807, 2.05) is 12.2 Å². The Morgan fingerprint density at radius 1 is 1.12 bits per heavy atom. The van der Waals surface area contributed by atoms with E-state index in [1.165, 1.54) is 51.4 Å². The van der Waals surface area contributed by atoms with E-state index in [9.17, 15) is 5.11 Å². The second kappa shape index (κ2) is 9.47. The van der Waals surface area contributed by atoms with E-state index in [0.717, 1.165) is 6.42 Å². The van der Waals surface area contributed by atoms with Crippen LogP contribution in [0.2, 0.25) is 0 Å². The molecule has 0 spiro atoms. The lowest BCUT2D eigenvalue weighted by molar-refractivity contribution is 0.125. The predicted octanol–water partition coefficient (Wildman–Crippen LogP) is 4.62. The Morgan fingerprint density at radius 2 is 1.88 bits per heavy atom. The van der Waals surface area contributed by atoms with Gasteiger partial charge in [0, 0.05) is 0 Å². The molecule has 1 aliphatic carbocycles. The fourth-order valence-electron chi connectivity index (χ4n) is 2.50. The molecule has 98 valence electrons. The van der Waals surface area contributed by atoms with Crippen LogP contribution >= 0.6 is 0 Å². The van der Waals surface area contributed by atoms with Gasteiger partial charge in [-0.1, -0.05) is 63.3 Å². The molecule has 1 rings (SSSR count). The zero-order valence-electron chi connectivity index (χ0n) is 11.3. The second-order valence-corrected chi connectivity index (χ2v) is 5.20. The molecule has 1 fully saturated rings. The van der Waals surface area contributed by atoms with Crippen LogP contribution in [0.3, 0.4) is 0 Å². The Balaban J connectivity index is 2.13. The average Bonchev–Trinajstić information content (AvgIpc) is 2.38. The molecular formula is C16H28O. The number of rotatable bonds is 7. The summed E-state index contributed by atoms with van der Waals surface area (Å²) in [6, 6.07) is 0. The van der Waals surface area contributed by atoms with Crippen molar-refractivity contribution in [2.75, 3.05) is 0 Å². The lowest BCUT2D eigenvalue weighted by Crippen LogP contribution is -2.20. The van der Waals surface area contributed by atoms with Gasteiger partial charge in [-0.05, 0) is 31.6 Å². The molecule has 0 heterocycles. The van der Waals surface area contributed by atoms with Gasteiger partial charge in [-0.3, -0.25) is 0 Å². The molecule has 1 atom stereocenters. The minimum Gasteiger partial charge on any atom is -0.389 e. The van der Waals surface area contributed by atoms with Crippen molar-refractivity contribution in [3.63, 3.8) is 0 Å². The van der Waals surface area contributed by atoms with Crippen molar-refractivity contribution in [3.8, 4) is 0 Å². The van der Waals surface area contributed by atoms with E-state index < -0.39 is 0 Å². The van der Waals surface area contributed by atoms with Gasteiger partial charge >= 0.3 is 0 Å². The quantitative estimate of drug-likeness (QED) is 0.505. The van der Waals surface area contributed by atoms with E-state index in [1.54, 1.807) is 0 Å². The fraction of sp³-hybridized carbons (Fsp3) is 0.750. The monoisotopic (exact) mass is 236 g/mol. The summed E-state index contributed by atoms with van der Waals surface area (Å²) in [5, 5.41) is 9.99. The van der Waals surface area contributed by atoms with E-state index in [0.29, 0.717) is 5.92 Å². The summed E-state index contributed by atoms with van der Waals surface area (Å²) in [6.45, 7) is 2.23. The first-order valence-corrected chi connectivity index (χ1v) is 7.36. The standard InChI is InChI=1S/C16H28O/c1-2-3-4-5-6-7-11-14-16(17)15-12-9-8-10-13-15/h6-7,11,14-17H,2-5,8-10,12-13H2,1H3/b7-6+,14-11-. The Bertz CT molecular complexity index is 224. The normalized spacial score (nSPS) is 20.4. The molecule has 1 N–H and O–H groups in total. The number of hydrogen-bond acceptors (Lipinski definition) is 1. The molecule has 1 nitrogen and oxygen atoms in total. The molecule has 1 unspecified atom stereocenters. The van der Waals surface area contributed by atoms with Gasteiger partial charge in [0.15, 0.2) is 0 Å². The highest BCUT2D eigenvalue weighted by atomic mass is 16.3. The van der Waals surface area contributed by atoms with Crippen molar-refractivity contribution >= 4 is 0 Å². The molecule has 0 aromatic heterocycles. The van der Waals surface area contributed by atoms with Crippen LogP contribution in [0.4, 0.5) is 0 Å². The average molecular weight is 236 g/mol. The highest BCUT2D eigenvalue weighted by Gasteiger charge is 2.18. The number of hydrogen-bond donors (Lipinski definition) is 1. The molecule has 0 radical (unpaired) electrons. The summed E-state index contributed by atoms with van der Waals surface area (Å²) < 4.78 is 0. The Labute approximate surface area is 107 Å². The molecule has 1 heteroatoms.